The topological polar surface area (TPSA) is 52.6 Å². The Balaban J connectivity index is 1.54. The van der Waals surface area contributed by atoms with Crippen molar-refractivity contribution in [1.82, 2.24) is 4.90 Å². The molecule has 3 rings (SSSR count). The first kappa shape index (κ1) is 17.9. The number of rotatable bonds is 5. The molecule has 1 fully saturated rings. The summed E-state index contributed by atoms with van der Waals surface area (Å²) in [6.07, 6.45) is 1.81. The molecule has 2 aromatic rings. The minimum Gasteiger partial charge on any atom is -0.327 e. The summed E-state index contributed by atoms with van der Waals surface area (Å²) in [7, 11) is 1.80. The fourth-order valence-electron chi connectivity index (χ4n) is 2.96. The first-order chi connectivity index (χ1) is 12.5. The Morgan fingerprint density at radius 2 is 1.77 bits per heavy atom. The molecule has 0 atom stereocenters. The highest BCUT2D eigenvalue weighted by atomic mass is 19.1. The van der Waals surface area contributed by atoms with Gasteiger partial charge in [-0.25, -0.2) is 9.18 Å². The summed E-state index contributed by atoms with van der Waals surface area (Å²) in [6, 6.07) is 13.4. The van der Waals surface area contributed by atoms with E-state index in [1.807, 2.05) is 12.1 Å². The van der Waals surface area contributed by atoms with E-state index in [1.54, 1.807) is 41.1 Å². The van der Waals surface area contributed by atoms with Crippen LogP contribution >= 0.6 is 0 Å². The van der Waals surface area contributed by atoms with Crippen LogP contribution in [0, 0.1) is 5.82 Å². The molecule has 2 aromatic carbocycles. The van der Waals surface area contributed by atoms with E-state index < -0.39 is 0 Å². The smallest absolute Gasteiger partial charge is 0.324 e. The second kappa shape index (κ2) is 7.99. The van der Waals surface area contributed by atoms with Crippen LogP contribution in [-0.4, -0.2) is 37.0 Å². The zero-order valence-corrected chi connectivity index (χ0v) is 14.7. The third-order valence-electron chi connectivity index (χ3n) is 4.45. The van der Waals surface area contributed by atoms with Crippen LogP contribution in [0.25, 0.3) is 0 Å². The molecule has 0 radical (unpaired) electrons. The second-order valence-electron chi connectivity index (χ2n) is 6.43. The number of carbonyl (C=O) groups is 2. The lowest BCUT2D eigenvalue weighted by Crippen LogP contribution is -2.47. The maximum atomic E-state index is 12.9. The molecular formula is C20H22FN3O2. The van der Waals surface area contributed by atoms with E-state index in [-0.39, 0.29) is 17.8 Å². The van der Waals surface area contributed by atoms with Gasteiger partial charge in [0.05, 0.1) is 0 Å². The average Bonchev–Trinajstić information content (AvgIpc) is 2.64. The summed E-state index contributed by atoms with van der Waals surface area (Å²) in [5, 5.41) is 2.85. The number of urea groups is 1. The molecule has 0 aromatic heterocycles. The molecule has 136 valence electrons. The fraction of sp³-hybridized carbons (Fsp3) is 0.300. The largest absolute Gasteiger partial charge is 0.327 e. The molecule has 1 aliphatic rings. The lowest BCUT2D eigenvalue weighted by atomic mass is 10.1. The number of halogens is 1. The van der Waals surface area contributed by atoms with E-state index in [4.69, 9.17) is 0 Å². The maximum absolute atomic E-state index is 12.9. The predicted octanol–water partition coefficient (Wildman–Crippen LogP) is 3.66. The highest BCUT2D eigenvalue weighted by molar-refractivity contribution is 5.94. The number of nitrogens with zero attached hydrogens (tertiary/aromatic N) is 2. The van der Waals surface area contributed by atoms with Crippen LogP contribution in [0.2, 0.25) is 0 Å². The lowest BCUT2D eigenvalue weighted by molar-refractivity contribution is -0.116. The van der Waals surface area contributed by atoms with Crippen LogP contribution in [-0.2, 0) is 11.2 Å². The molecule has 26 heavy (non-hydrogen) atoms. The molecular weight excluding hydrogens is 333 g/mol. The normalized spacial score (nSPS) is 14.5. The van der Waals surface area contributed by atoms with Gasteiger partial charge in [-0.1, -0.05) is 12.1 Å². The first-order valence-corrected chi connectivity index (χ1v) is 8.70. The van der Waals surface area contributed by atoms with Crippen molar-refractivity contribution in [3.63, 3.8) is 0 Å². The number of hydrogen-bond acceptors (Lipinski definition) is 2. The molecule has 1 N–H and O–H groups in total. The predicted molar refractivity (Wildman–Crippen MR) is 99.8 cm³/mol. The van der Waals surface area contributed by atoms with Gasteiger partial charge in [-0.05, 0) is 54.8 Å². The monoisotopic (exact) mass is 355 g/mol. The van der Waals surface area contributed by atoms with Gasteiger partial charge < -0.3 is 10.2 Å². The Morgan fingerprint density at radius 3 is 2.46 bits per heavy atom. The molecule has 1 heterocycles. The molecule has 0 saturated carbocycles. The van der Waals surface area contributed by atoms with Crippen molar-refractivity contribution in [1.29, 1.82) is 0 Å². The van der Waals surface area contributed by atoms with Crippen molar-refractivity contribution in [3.05, 3.63) is 59.9 Å². The highest BCUT2D eigenvalue weighted by Crippen LogP contribution is 2.22. The van der Waals surface area contributed by atoms with E-state index in [0.717, 1.165) is 24.2 Å². The van der Waals surface area contributed by atoms with Crippen molar-refractivity contribution >= 4 is 23.3 Å². The minimum atomic E-state index is -0.281. The van der Waals surface area contributed by atoms with Gasteiger partial charge in [0.1, 0.15) is 5.82 Å². The zero-order valence-electron chi connectivity index (χ0n) is 14.7. The van der Waals surface area contributed by atoms with Crippen molar-refractivity contribution in [2.45, 2.75) is 19.3 Å². The SMILES string of the molecule is CN1CCCN(c2ccc(NC(=O)CCc3ccc(F)cc3)cc2)C1=O. The summed E-state index contributed by atoms with van der Waals surface area (Å²) in [5.41, 5.74) is 2.44. The summed E-state index contributed by atoms with van der Waals surface area (Å²) >= 11 is 0. The Kier molecular flexibility index (Phi) is 5.51. The highest BCUT2D eigenvalue weighted by Gasteiger charge is 2.23. The first-order valence-electron chi connectivity index (χ1n) is 8.70. The average molecular weight is 355 g/mol. The van der Waals surface area contributed by atoms with Gasteiger partial charge in [0.2, 0.25) is 5.91 Å². The number of aryl methyl sites for hydroxylation is 1. The Morgan fingerprint density at radius 1 is 1.08 bits per heavy atom. The molecule has 6 heteroatoms. The van der Waals surface area contributed by atoms with Crippen LogP contribution in [0.5, 0.6) is 0 Å². The van der Waals surface area contributed by atoms with Crippen molar-refractivity contribution < 1.29 is 14.0 Å². The number of amides is 3. The number of carbonyl (C=O) groups excluding carboxylic acids is 2. The fourth-order valence-corrected chi connectivity index (χ4v) is 2.96. The van der Waals surface area contributed by atoms with Gasteiger partial charge in [-0.15, -0.1) is 0 Å². The quantitative estimate of drug-likeness (QED) is 0.890. The minimum absolute atomic E-state index is 0.00710. The summed E-state index contributed by atoms with van der Waals surface area (Å²) in [5.74, 6) is -0.382. The van der Waals surface area contributed by atoms with Crippen LogP contribution < -0.4 is 10.2 Å². The van der Waals surface area contributed by atoms with Crippen molar-refractivity contribution in [2.75, 3.05) is 30.4 Å². The summed E-state index contributed by atoms with van der Waals surface area (Å²) in [4.78, 5) is 27.7. The number of anilines is 2. The van der Waals surface area contributed by atoms with Crippen LogP contribution in [0.1, 0.15) is 18.4 Å². The molecule has 1 aliphatic heterocycles. The molecule has 1 saturated heterocycles. The van der Waals surface area contributed by atoms with Crippen LogP contribution in [0.15, 0.2) is 48.5 Å². The lowest BCUT2D eigenvalue weighted by Gasteiger charge is -2.33. The molecule has 0 spiro atoms. The van der Waals surface area contributed by atoms with Crippen molar-refractivity contribution in [2.24, 2.45) is 0 Å². The van der Waals surface area contributed by atoms with Gasteiger partial charge in [0.15, 0.2) is 0 Å². The van der Waals surface area contributed by atoms with E-state index in [0.29, 0.717) is 25.1 Å². The van der Waals surface area contributed by atoms with E-state index in [1.165, 1.54) is 12.1 Å². The number of hydrogen-bond donors (Lipinski definition) is 1. The van der Waals surface area contributed by atoms with Crippen LogP contribution in [0.4, 0.5) is 20.6 Å². The number of nitrogens with one attached hydrogen (secondary N) is 1. The summed E-state index contributed by atoms with van der Waals surface area (Å²) < 4.78 is 12.9. The zero-order chi connectivity index (χ0) is 18.5. The molecule has 0 bridgehead atoms. The van der Waals surface area contributed by atoms with Gasteiger partial charge in [0.25, 0.3) is 0 Å². The standard InChI is InChI=1S/C20H22FN3O2/c1-23-13-2-14-24(20(23)26)18-10-8-17(9-11-18)22-19(25)12-5-15-3-6-16(21)7-4-15/h3-4,6-11H,2,5,12-14H2,1H3,(H,22,25). The Bertz CT molecular complexity index is 775. The maximum Gasteiger partial charge on any atom is 0.324 e. The molecule has 5 nitrogen and oxygen atoms in total. The summed E-state index contributed by atoms with van der Waals surface area (Å²) in [6.45, 7) is 1.48. The molecule has 0 aliphatic carbocycles. The van der Waals surface area contributed by atoms with Gasteiger partial charge >= 0.3 is 6.03 Å². The Labute approximate surface area is 152 Å². The van der Waals surface area contributed by atoms with Crippen LogP contribution in [0.3, 0.4) is 0 Å². The van der Waals surface area contributed by atoms with Gasteiger partial charge in [-0.2, -0.15) is 0 Å². The van der Waals surface area contributed by atoms with E-state index >= 15 is 0 Å². The van der Waals surface area contributed by atoms with Gasteiger partial charge in [-0.3, -0.25) is 9.69 Å². The van der Waals surface area contributed by atoms with E-state index in [9.17, 15) is 14.0 Å². The second-order valence-corrected chi connectivity index (χ2v) is 6.43. The molecule has 0 unspecified atom stereocenters. The molecule has 3 amide bonds. The number of benzene rings is 2. The Hall–Kier alpha value is -2.89. The van der Waals surface area contributed by atoms with E-state index in [2.05, 4.69) is 5.32 Å². The third-order valence-corrected chi connectivity index (χ3v) is 4.45. The third kappa shape index (κ3) is 4.39. The van der Waals surface area contributed by atoms with Crippen molar-refractivity contribution in [3.8, 4) is 0 Å². The van der Waals surface area contributed by atoms with Gasteiger partial charge in [0, 0.05) is 37.9 Å².